The molecule has 5 heteroatoms. The minimum absolute atomic E-state index is 0.194. The van der Waals surface area contributed by atoms with Gasteiger partial charge in [-0.15, -0.1) is 5.10 Å². The summed E-state index contributed by atoms with van der Waals surface area (Å²) in [6.45, 7) is 1.67. The van der Waals surface area contributed by atoms with Gasteiger partial charge in [-0.1, -0.05) is 4.20 Å². The summed E-state index contributed by atoms with van der Waals surface area (Å²) in [6.07, 6.45) is 1.42. The third-order valence-corrected chi connectivity index (χ3v) is 1.10. The van der Waals surface area contributed by atoms with Crippen molar-refractivity contribution in [3.63, 3.8) is 0 Å². The highest BCUT2D eigenvalue weighted by atomic mass is 32.1. The predicted molar refractivity (Wildman–Crippen MR) is 32.6 cm³/mol. The Kier molecular flexibility index (Phi) is 1.44. The van der Waals surface area contributed by atoms with E-state index in [-0.39, 0.29) is 5.56 Å². The van der Waals surface area contributed by atoms with E-state index in [1.165, 1.54) is 6.20 Å². The van der Waals surface area contributed by atoms with Crippen LogP contribution in [0, 0.1) is 6.92 Å². The minimum atomic E-state index is -0.194. The molecule has 0 aromatic carbocycles. The van der Waals surface area contributed by atoms with Crippen LogP contribution in [0.2, 0.25) is 0 Å². The lowest BCUT2D eigenvalue weighted by atomic mass is 10.4. The maximum Gasteiger partial charge on any atom is 0.303 e. The molecule has 0 aliphatic carbocycles. The van der Waals surface area contributed by atoms with Crippen molar-refractivity contribution in [2.75, 3.05) is 0 Å². The maximum absolute atomic E-state index is 10.7. The molecule has 1 aromatic rings. The number of aromatic nitrogens is 3. The molecule has 0 aliphatic rings. The average Bonchev–Trinajstić information content (AvgIpc) is 1.80. The van der Waals surface area contributed by atoms with Gasteiger partial charge in [0.2, 0.25) is 0 Å². The fourth-order valence-corrected chi connectivity index (χ4v) is 0.532. The summed E-state index contributed by atoms with van der Waals surface area (Å²) in [5.41, 5.74) is 0.371. The van der Waals surface area contributed by atoms with Crippen LogP contribution < -0.4 is 9.76 Å². The third-order valence-electron chi connectivity index (χ3n) is 0.912. The topological polar surface area (TPSA) is 49.6 Å². The molecule has 0 radical (unpaired) electrons. The molecule has 0 bridgehead atoms. The summed E-state index contributed by atoms with van der Waals surface area (Å²) in [5.74, 6) is 0. The second kappa shape index (κ2) is 2.10. The van der Waals surface area contributed by atoms with Gasteiger partial charge in [0.05, 0.1) is 0 Å². The van der Waals surface area contributed by atoms with E-state index in [1.807, 2.05) is 0 Å². The molecule has 0 saturated heterocycles. The van der Waals surface area contributed by atoms with Crippen LogP contribution in [0.3, 0.4) is 0 Å². The first-order valence-corrected chi connectivity index (χ1v) is 2.72. The first kappa shape index (κ1) is 6.15. The van der Waals surface area contributed by atoms with Gasteiger partial charge in [-0.05, 0) is 6.92 Å². The molecular weight excluding hydrogens is 138 g/mol. The summed E-state index contributed by atoms with van der Waals surface area (Å²) in [7, 11) is 0. The van der Waals surface area contributed by atoms with Gasteiger partial charge < -0.3 is 12.8 Å². The van der Waals surface area contributed by atoms with E-state index < -0.39 is 0 Å². The van der Waals surface area contributed by atoms with Gasteiger partial charge in [0.25, 0.3) is 0 Å². The lowest BCUT2D eigenvalue weighted by Crippen LogP contribution is -2.41. The van der Waals surface area contributed by atoms with Crippen LogP contribution in [0.4, 0.5) is 0 Å². The number of H-pyrrole nitrogens is 1. The molecule has 0 unspecified atom stereocenters. The molecule has 0 aliphatic heterocycles. The Balaban J connectivity index is 3.34. The van der Waals surface area contributed by atoms with Crippen molar-refractivity contribution < 1.29 is 4.20 Å². The van der Waals surface area contributed by atoms with E-state index >= 15 is 0 Å². The molecule has 0 atom stereocenters. The van der Waals surface area contributed by atoms with Crippen molar-refractivity contribution in [1.82, 2.24) is 10.2 Å². The summed E-state index contributed by atoms with van der Waals surface area (Å²) in [4.78, 5) is 10.7. The molecule has 0 amide bonds. The highest BCUT2D eigenvalue weighted by molar-refractivity contribution is 7.50. The number of nitrogens with zero attached hydrogens (tertiary/aromatic N) is 2. The van der Waals surface area contributed by atoms with Gasteiger partial charge in [-0.25, -0.2) is 0 Å². The third kappa shape index (κ3) is 1.23. The molecule has 0 fully saturated rings. The first-order valence-electron chi connectivity index (χ1n) is 2.36. The zero-order valence-corrected chi connectivity index (χ0v) is 5.60. The Labute approximate surface area is 57.1 Å². The standard InChI is InChI=1S/C4H5N3OS/c1-3-2-5-7(9)6-4(3)8/h2H,1H3,(H,5,6,8). The van der Waals surface area contributed by atoms with Crippen LogP contribution in [0.1, 0.15) is 5.56 Å². The molecule has 1 N–H and O–H groups in total. The molecule has 0 spiro atoms. The Morgan fingerprint density at radius 3 is 3.00 bits per heavy atom. The quantitative estimate of drug-likeness (QED) is 0.362. The maximum atomic E-state index is 10.7. The van der Waals surface area contributed by atoms with E-state index in [0.29, 0.717) is 5.56 Å². The second-order valence-electron chi connectivity index (χ2n) is 1.64. The summed E-state index contributed by atoms with van der Waals surface area (Å²) >= 11 is 4.51. The average molecular weight is 143 g/mol. The number of hydrogen-bond donors (Lipinski definition) is 1. The van der Waals surface area contributed by atoms with Crippen LogP contribution in [-0.4, -0.2) is 10.2 Å². The predicted octanol–water partition coefficient (Wildman–Crippen LogP) is -1.32. The van der Waals surface area contributed by atoms with Gasteiger partial charge in [0.1, 0.15) is 6.20 Å². The molecule has 1 aromatic heterocycles. The molecule has 1 rings (SSSR count). The normalized spacial score (nSPS) is 9.44. The highest BCUT2D eigenvalue weighted by Gasteiger charge is 1.92. The van der Waals surface area contributed by atoms with Gasteiger partial charge in [0.15, 0.2) is 0 Å². The summed E-state index contributed by atoms with van der Waals surface area (Å²) in [5, 5.41) is 5.92. The first-order chi connectivity index (χ1) is 4.20. The van der Waals surface area contributed by atoms with E-state index in [0.717, 1.165) is 4.20 Å². The molecule has 4 nitrogen and oxygen atoms in total. The summed E-state index contributed by atoms with van der Waals surface area (Å²) in [6, 6.07) is 0. The lowest BCUT2D eigenvalue weighted by molar-refractivity contribution is -0.630. The largest absolute Gasteiger partial charge is 0.361 e. The Morgan fingerprint density at radius 2 is 2.56 bits per heavy atom. The van der Waals surface area contributed by atoms with Crippen LogP contribution in [0.25, 0.3) is 0 Å². The van der Waals surface area contributed by atoms with E-state index in [9.17, 15) is 4.79 Å². The fraction of sp³-hybridized carbons (Fsp3) is 0.250. The highest BCUT2D eigenvalue weighted by Crippen LogP contribution is 1.73. The SMILES string of the molecule is Cc1cn[n+]([S-])[nH]c1=O. The van der Waals surface area contributed by atoms with Gasteiger partial charge in [-0.2, -0.15) is 0 Å². The smallest absolute Gasteiger partial charge is 0.303 e. The summed E-state index contributed by atoms with van der Waals surface area (Å²) < 4.78 is 0.954. The van der Waals surface area contributed by atoms with Crippen LogP contribution >= 0.6 is 0 Å². The van der Waals surface area contributed by atoms with Crippen molar-refractivity contribution >= 4 is 12.8 Å². The monoisotopic (exact) mass is 143 g/mol. The fourth-order valence-electron chi connectivity index (χ4n) is 0.402. The molecule has 48 valence electrons. The van der Waals surface area contributed by atoms with Gasteiger partial charge >= 0.3 is 5.56 Å². The number of hydrogen-bond acceptors (Lipinski definition) is 3. The van der Waals surface area contributed by atoms with Crippen molar-refractivity contribution in [2.45, 2.75) is 6.92 Å². The minimum Gasteiger partial charge on any atom is -0.361 e. The van der Waals surface area contributed by atoms with Gasteiger partial charge in [-0.3, -0.25) is 4.79 Å². The lowest BCUT2D eigenvalue weighted by Gasteiger charge is -1.89. The Morgan fingerprint density at radius 1 is 1.89 bits per heavy atom. The van der Waals surface area contributed by atoms with Crippen LogP contribution in [-0.2, 0) is 12.8 Å². The van der Waals surface area contributed by atoms with Crippen molar-refractivity contribution in [3.8, 4) is 0 Å². The number of nitrogens with one attached hydrogen (secondary N) is 1. The van der Waals surface area contributed by atoms with Crippen molar-refractivity contribution in [1.29, 1.82) is 0 Å². The zero-order valence-electron chi connectivity index (χ0n) is 4.79. The molecular formula is C4H5N3OS. The van der Waals surface area contributed by atoms with E-state index in [2.05, 4.69) is 23.0 Å². The van der Waals surface area contributed by atoms with Gasteiger partial charge in [0, 0.05) is 10.7 Å². The van der Waals surface area contributed by atoms with Crippen LogP contribution in [0.15, 0.2) is 11.0 Å². The van der Waals surface area contributed by atoms with E-state index in [4.69, 9.17) is 0 Å². The van der Waals surface area contributed by atoms with E-state index in [1.54, 1.807) is 6.92 Å². The van der Waals surface area contributed by atoms with Crippen molar-refractivity contribution in [3.05, 3.63) is 22.1 Å². The Bertz CT molecular complexity index is 269. The number of aryl methyl sites for hydroxylation is 1. The molecule has 0 saturated carbocycles. The number of rotatable bonds is 0. The van der Waals surface area contributed by atoms with Crippen LogP contribution in [0.5, 0.6) is 0 Å². The molecule has 9 heavy (non-hydrogen) atoms. The zero-order chi connectivity index (χ0) is 6.85. The second-order valence-corrected chi connectivity index (χ2v) is 1.99. The molecule has 1 heterocycles. The number of aromatic amines is 1. The van der Waals surface area contributed by atoms with Crippen molar-refractivity contribution in [2.24, 2.45) is 0 Å². The Hall–Kier alpha value is -0.970.